The summed E-state index contributed by atoms with van der Waals surface area (Å²) in [6.45, 7) is 8.27. The molecule has 0 radical (unpaired) electrons. The first-order chi connectivity index (χ1) is 14.9. The second kappa shape index (κ2) is 7.44. The number of rotatable bonds is 3. The third kappa shape index (κ3) is 3.07. The van der Waals surface area contributed by atoms with Gasteiger partial charge in [0.1, 0.15) is 12.7 Å². The number of esters is 3. The van der Waals surface area contributed by atoms with Crippen molar-refractivity contribution in [1.29, 1.82) is 0 Å². The molecule has 4 rings (SSSR count). The first kappa shape index (κ1) is 23.0. The maximum atomic E-state index is 13.0. The summed E-state index contributed by atoms with van der Waals surface area (Å²) in [6, 6.07) is 0. The molecule has 0 amide bonds. The summed E-state index contributed by atoms with van der Waals surface area (Å²) in [4.78, 5) is 49.0. The minimum Gasteiger partial charge on any atom is -0.462 e. The molecule has 7 nitrogen and oxygen atoms in total. The molecule has 1 aliphatic heterocycles. The number of hydrogen-bond donors (Lipinski definition) is 0. The van der Waals surface area contributed by atoms with Crippen LogP contribution >= 0.6 is 11.6 Å². The summed E-state index contributed by atoms with van der Waals surface area (Å²) in [6.07, 6.45) is 4.20. The lowest BCUT2D eigenvalue weighted by Gasteiger charge is -2.57. The Morgan fingerprint density at radius 3 is 2.44 bits per heavy atom. The summed E-state index contributed by atoms with van der Waals surface area (Å²) in [7, 11) is 0. The third-order valence-electron chi connectivity index (χ3n) is 8.41. The second-order valence-electron chi connectivity index (χ2n) is 10.1. The van der Waals surface area contributed by atoms with Crippen molar-refractivity contribution in [3.05, 3.63) is 22.8 Å². The minimum absolute atomic E-state index is 0.0561. The van der Waals surface area contributed by atoms with Crippen LogP contribution < -0.4 is 0 Å². The third-order valence-corrected chi connectivity index (χ3v) is 8.74. The first-order valence-electron chi connectivity index (χ1n) is 11.0. The standard InChI is InChI=1S/C24H29ClO7/c1-12(26)24(32-14(3)28)10-19(31-13(2)27)21-15-8-18(25)17-9-20(29)30-11-22(17,4)16(15)6-7-23(21,24)5/h8-9,15-16,19,21H,6-7,10-11H2,1-5H3/t15-,16+,19-,21-,22-,23+,24+/m1/s1. The lowest BCUT2D eigenvalue weighted by atomic mass is 9.49. The largest absolute Gasteiger partial charge is 0.462 e. The molecule has 8 heteroatoms. The molecule has 0 aromatic heterocycles. The number of cyclic esters (lactones) is 1. The van der Waals surface area contributed by atoms with Crippen LogP contribution in [0.3, 0.4) is 0 Å². The van der Waals surface area contributed by atoms with Crippen molar-refractivity contribution in [2.45, 2.75) is 65.6 Å². The highest BCUT2D eigenvalue weighted by Crippen LogP contribution is 2.67. The van der Waals surface area contributed by atoms with Crippen LogP contribution in [0.15, 0.2) is 22.8 Å². The molecule has 1 heterocycles. The van der Waals surface area contributed by atoms with Crippen molar-refractivity contribution in [3.8, 4) is 0 Å². The quantitative estimate of drug-likeness (QED) is 0.466. The molecule has 0 saturated heterocycles. The van der Waals surface area contributed by atoms with E-state index in [0.717, 1.165) is 5.57 Å². The number of fused-ring (bicyclic) bond motifs is 5. The van der Waals surface area contributed by atoms with E-state index in [9.17, 15) is 19.2 Å². The minimum atomic E-state index is -1.38. The van der Waals surface area contributed by atoms with E-state index in [1.165, 1.54) is 26.8 Å². The second-order valence-corrected chi connectivity index (χ2v) is 10.5. The van der Waals surface area contributed by atoms with Crippen LogP contribution in [-0.4, -0.2) is 42.0 Å². The molecule has 4 aliphatic rings. The molecule has 0 bridgehead atoms. The lowest BCUT2D eigenvalue weighted by Crippen LogP contribution is -2.59. The molecular formula is C24H29ClO7. The molecule has 0 spiro atoms. The first-order valence-corrected chi connectivity index (χ1v) is 11.4. The fraction of sp³-hybridized carbons (Fsp3) is 0.667. The highest BCUT2D eigenvalue weighted by Gasteiger charge is 2.72. The molecule has 32 heavy (non-hydrogen) atoms. The molecule has 2 fully saturated rings. The average molecular weight is 465 g/mol. The van der Waals surface area contributed by atoms with Crippen molar-refractivity contribution in [2.75, 3.05) is 6.61 Å². The summed E-state index contributed by atoms with van der Waals surface area (Å²) in [5.74, 6) is -2.05. The van der Waals surface area contributed by atoms with E-state index in [2.05, 4.69) is 0 Å². The van der Waals surface area contributed by atoms with Gasteiger partial charge < -0.3 is 14.2 Å². The van der Waals surface area contributed by atoms with Crippen LogP contribution in [0.5, 0.6) is 0 Å². The zero-order valence-electron chi connectivity index (χ0n) is 19.0. The van der Waals surface area contributed by atoms with E-state index in [0.29, 0.717) is 17.9 Å². The maximum Gasteiger partial charge on any atom is 0.331 e. The summed E-state index contributed by atoms with van der Waals surface area (Å²) >= 11 is 6.70. The molecule has 0 aromatic carbocycles. The Morgan fingerprint density at radius 2 is 1.84 bits per heavy atom. The Balaban J connectivity index is 1.88. The Kier molecular flexibility index (Phi) is 5.35. The number of Topliss-reactive ketones (excluding diaryl/α,β-unsaturated/α-hetero) is 1. The van der Waals surface area contributed by atoms with Gasteiger partial charge in [-0.05, 0) is 37.2 Å². The normalized spacial score (nSPS) is 42.4. The number of halogens is 1. The molecule has 0 aromatic rings. The number of ether oxygens (including phenoxy) is 3. The monoisotopic (exact) mass is 464 g/mol. The van der Waals surface area contributed by atoms with E-state index in [-0.39, 0.29) is 36.6 Å². The van der Waals surface area contributed by atoms with E-state index in [1.54, 1.807) is 0 Å². The van der Waals surface area contributed by atoms with Crippen molar-refractivity contribution in [1.82, 2.24) is 0 Å². The SMILES string of the molecule is CC(=O)O[C@@H]1C[C@](OC(C)=O)(C(C)=O)[C@@]2(C)CC[C@H]3[C@@H](C=C(Cl)C4=CC(=O)OC[C@@]43C)[C@H]12. The average Bonchev–Trinajstić information content (AvgIpc) is 2.91. The van der Waals surface area contributed by atoms with Gasteiger partial charge >= 0.3 is 17.9 Å². The molecule has 0 unspecified atom stereocenters. The molecule has 174 valence electrons. The van der Waals surface area contributed by atoms with Crippen LogP contribution in [0.4, 0.5) is 0 Å². The molecule has 3 aliphatic carbocycles. The zero-order valence-corrected chi connectivity index (χ0v) is 19.8. The predicted molar refractivity (Wildman–Crippen MR) is 114 cm³/mol. The van der Waals surface area contributed by atoms with E-state index < -0.39 is 40.4 Å². The Bertz CT molecular complexity index is 967. The van der Waals surface area contributed by atoms with Crippen molar-refractivity contribution in [2.24, 2.45) is 28.6 Å². The van der Waals surface area contributed by atoms with Crippen LogP contribution in [-0.2, 0) is 33.4 Å². The summed E-state index contributed by atoms with van der Waals surface area (Å²) in [5.41, 5.74) is -1.86. The number of hydrogen-bond acceptors (Lipinski definition) is 7. The van der Waals surface area contributed by atoms with Gasteiger partial charge in [-0.3, -0.25) is 14.4 Å². The van der Waals surface area contributed by atoms with Gasteiger partial charge in [-0.1, -0.05) is 31.5 Å². The highest BCUT2D eigenvalue weighted by molar-refractivity contribution is 6.32. The van der Waals surface area contributed by atoms with Gasteiger partial charge in [0, 0.05) is 48.1 Å². The summed E-state index contributed by atoms with van der Waals surface area (Å²) in [5, 5.41) is 0.476. The lowest BCUT2D eigenvalue weighted by molar-refractivity contribution is -0.186. The van der Waals surface area contributed by atoms with Gasteiger partial charge in [-0.2, -0.15) is 0 Å². The number of carbonyl (C=O) groups is 4. The Morgan fingerprint density at radius 1 is 1.16 bits per heavy atom. The zero-order chi connectivity index (χ0) is 23.6. The topological polar surface area (TPSA) is 96.0 Å². The van der Waals surface area contributed by atoms with Crippen molar-refractivity contribution >= 4 is 35.3 Å². The molecule has 0 N–H and O–H groups in total. The molecule has 7 atom stereocenters. The van der Waals surface area contributed by atoms with Crippen LogP contribution in [0.2, 0.25) is 0 Å². The van der Waals surface area contributed by atoms with E-state index in [1.807, 2.05) is 19.9 Å². The fourth-order valence-corrected chi connectivity index (χ4v) is 7.52. The van der Waals surface area contributed by atoms with Gasteiger partial charge in [0.15, 0.2) is 11.4 Å². The molecule has 2 saturated carbocycles. The maximum absolute atomic E-state index is 13.0. The molecular weight excluding hydrogens is 436 g/mol. The fourth-order valence-electron chi connectivity index (χ4n) is 7.11. The van der Waals surface area contributed by atoms with Gasteiger partial charge in [0.2, 0.25) is 0 Å². The summed E-state index contributed by atoms with van der Waals surface area (Å²) < 4.78 is 16.9. The Hall–Kier alpha value is -2.15. The van der Waals surface area contributed by atoms with E-state index in [4.69, 9.17) is 25.8 Å². The van der Waals surface area contributed by atoms with Gasteiger partial charge in [-0.15, -0.1) is 0 Å². The van der Waals surface area contributed by atoms with Crippen molar-refractivity contribution in [3.63, 3.8) is 0 Å². The van der Waals surface area contributed by atoms with Gasteiger partial charge in [0.25, 0.3) is 0 Å². The van der Waals surface area contributed by atoms with Crippen LogP contribution in [0, 0.1) is 28.6 Å². The van der Waals surface area contributed by atoms with Crippen molar-refractivity contribution < 1.29 is 33.4 Å². The van der Waals surface area contributed by atoms with E-state index >= 15 is 0 Å². The highest BCUT2D eigenvalue weighted by atomic mass is 35.5. The van der Waals surface area contributed by atoms with Crippen LogP contribution in [0.1, 0.15) is 53.9 Å². The van der Waals surface area contributed by atoms with Gasteiger partial charge in [0.05, 0.1) is 0 Å². The smallest absolute Gasteiger partial charge is 0.331 e. The number of ketones is 1. The Labute approximate surface area is 192 Å². The van der Waals surface area contributed by atoms with Gasteiger partial charge in [-0.25, -0.2) is 4.79 Å². The number of allylic oxidation sites excluding steroid dienone is 2. The number of carbonyl (C=O) groups excluding carboxylic acids is 4. The predicted octanol–water partition coefficient (Wildman–Crippen LogP) is 3.49. The van der Waals surface area contributed by atoms with Crippen LogP contribution in [0.25, 0.3) is 0 Å².